The van der Waals surface area contributed by atoms with Crippen molar-refractivity contribution >= 4 is 29.4 Å². The second-order valence-electron chi connectivity index (χ2n) is 5.90. The maximum atomic E-state index is 12.3. The van der Waals surface area contributed by atoms with E-state index in [2.05, 4.69) is 4.98 Å². The first-order chi connectivity index (χ1) is 12.5. The summed E-state index contributed by atoms with van der Waals surface area (Å²) in [6.45, 7) is 2.32. The van der Waals surface area contributed by atoms with Gasteiger partial charge in [0.15, 0.2) is 0 Å². The first-order valence-electron chi connectivity index (χ1n) is 8.26. The summed E-state index contributed by atoms with van der Waals surface area (Å²) in [4.78, 5) is 31.5. The van der Waals surface area contributed by atoms with Crippen LogP contribution in [-0.4, -0.2) is 48.1 Å². The topological polar surface area (TPSA) is 88.8 Å². The molecule has 8 heteroatoms. The van der Waals surface area contributed by atoms with Crippen molar-refractivity contribution in [2.24, 2.45) is 5.73 Å². The van der Waals surface area contributed by atoms with E-state index >= 15 is 0 Å². The SMILES string of the molecule is NC(=O)c1cnc(N2CCCN(C(=O)Oc3ccccc3)CC2)c(Cl)c1. The molecule has 0 atom stereocenters. The summed E-state index contributed by atoms with van der Waals surface area (Å²) in [6.07, 6.45) is 1.79. The van der Waals surface area contributed by atoms with E-state index in [0.29, 0.717) is 42.8 Å². The second kappa shape index (κ2) is 8.05. The summed E-state index contributed by atoms with van der Waals surface area (Å²) in [6, 6.07) is 10.5. The van der Waals surface area contributed by atoms with Crippen molar-refractivity contribution in [3.05, 3.63) is 53.2 Å². The van der Waals surface area contributed by atoms with Crippen molar-refractivity contribution in [3.63, 3.8) is 0 Å². The lowest BCUT2D eigenvalue weighted by molar-refractivity contribution is 0.1000. The highest BCUT2D eigenvalue weighted by Gasteiger charge is 2.22. The zero-order valence-corrected chi connectivity index (χ0v) is 14.9. The molecule has 1 aliphatic heterocycles. The highest BCUT2D eigenvalue weighted by atomic mass is 35.5. The van der Waals surface area contributed by atoms with Crippen molar-refractivity contribution in [2.75, 3.05) is 31.1 Å². The van der Waals surface area contributed by atoms with Crippen LogP contribution in [0.3, 0.4) is 0 Å². The number of pyridine rings is 1. The smallest absolute Gasteiger partial charge is 0.410 e. The van der Waals surface area contributed by atoms with E-state index in [1.54, 1.807) is 17.0 Å². The monoisotopic (exact) mass is 374 g/mol. The Morgan fingerprint density at radius 2 is 1.88 bits per heavy atom. The van der Waals surface area contributed by atoms with E-state index in [9.17, 15) is 9.59 Å². The van der Waals surface area contributed by atoms with Crippen LogP contribution in [-0.2, 0) is 0 Å². The molecule has 1 aromatic heterocycles. The minimum absolute atomic E-state index is 0.265. The number of hydrogen-bond acceptors (Lipinski definition) is 5. The third-order valence-electron chi connectivity index (χ3n) is 4.11. The molecule has 0 saturated carbocycles. The van der Waals surface area contributed by atoms with Crippen LogP contribution in [0.25, 0.3) is 0 Å². The standard InChI is InChI=1S/C18H19ClN4O3/c19-15-11-13(16(20)24)12-21-17(15)22-7-4-8-23(10-9-22)18(25)26-14-5-2-1-3-6-14/h1-3,5-6,11-12H,4,7-10H2,(H2,20,24). The molecule has 1 fully saturated rings. The zero-order chi connectivity index (χ0) is 18.5. The first kappa shape index (κ1) is 18.0. The molecule has 1 saturated heterocycles. The molecule has 2 aromatic rings. The van der Waals surface area contributed by atoms with E-state index < -0.39 is 5.91 Å². The molecule has 0 aliphatic carbocycles. The highest BCUT2D eigenvalue weighted by Crippen LogP contribution is 2.25. The van der Waals surface area contributed by atoms with Gasteiger partial charge in [-0.2, -0.15) is 0 Å². The predicted molar refractivity (Wildman–Crippen MR) is 98.6 cm³/mol. The number of carbonyl (C=O) groups excluding carboxylic acids is 2. The number of halogens is 1. The number of anilines is 1. The highest BCUT2D eigenvalue weighted by molar-refractivity contribution is 6.33. The minimum atomic E-state index is -0.573. The molecule has 7 nitrogen and oxygen atoms in total. The van der Waals surface area contributed by atoms with Gasteiger partial charge in [-0.25, -0.2) is 9.78 Å². The minimum Gasteiger partial charge on any atom is -0.410 e. The lowest BCUT2D eigenvalue weighted by Gasteiger charge is -2.23. The van der Waals surface area contributed by atoms with Gasteiger partial charge in [0.25, 0.3) is 0 Å². The number of benzene rings is 1. The Balaban J connectivity index is 1.65. The van der Waals surface area contributed by atoms with Crippen molar-refractivity contribution < 1.29 is 14.3 Å². The summed E-state index contributed by atoms with van der Waals surface area (Å²) in [5.74, 6) is 0.525. The number of aromatic nitrogens is 1. The number of amides is 2. The lowest BCUT2D eigenvalue weighted by atomic mass is 10.2. The van der Waals surface area contributed by atoms with Crippen molar-refractivity contribution in [2.45, 2.75) is 6.42 Å². The van der Waals surface area contributed by atoms with Crippen LogP contribution >= 0.6 is 11.6 Å². The molecule has 2 amide bonds. The molecule has 0 spiro atoms. The third kappa shape index (κ3) is 4.23. The van der Waals surface area contributed by atoms with Crippen LogP contribution in [0.15, 0.2) is 42.6 Å². The number of rotatable bonds is 3. The van der Waals surface area contributed by atoms with E-state index in [1.165, 1.54) is 12.3 Å². The van der Waals surface area contributed by atoms with E-state index in [0.717, 1.165) is 6.42 Å². The molecular weight excluding hydrogens is 356 g/mol. The Morgan fingerprint density at radius 3 is 2.58 bits per heavy atom. The van der Waals surface area contributed by atoms with Crippen LogP contribution in [0.1, 0.15) is 16.8 Å². The fourth-order valence-electron chi connectivity index (χ4n) is 2.76. The molecule has 0 bridgehead atoms. The molecule has 3 rings (SSSR count). The van der Waals surface area contributed by atoms with Crippen LogP contribution in [0.4, 0.5) is 10.6 Å². The van der Waals surface area contributed by atoms with E-state index in [4.69, 9.17) is 22.1 Å². The summed E-state index contributed by atoms with van der Waals surface area (Å²) in [5, 5.41) is 0.363. The summed E-state index contributed by atoms with van der Waals surface area (Å²) < 4.78 is 5.39. The number of nitrogens with two attached hydrogens (primary N) is 1. The van der Waals surface area contributed by atoms with Gasteiger partial charge in [-0.05, 0) is 24.6 Å². The fraction of sp³-hybridized carbons (Fsp3) is 0.278. The molecule has 0 radical (unpaired) electrons. The van der Waals surface area contributed by atoms with Gasteiger partial charge in [0.1, 0.15) is 11.6 Å². The normalized spacial score (nSPS) is 14.7. The maximum absolute atomic E-state index is 12.3. The summed E-state index contributed by atoms with van der Waals surface area (Å²) >= 11 is 6.25. The van der Waals surface area contributed by atoms with Crippen LogP contribution in [0.2, 0.25) is 5.02 Å². The lowest BCUT2D eigenvalue weighted by Crippen LogP contribution is -2.37. The Hall–Kier alpha value is -2.80. The van der Waals surface area contributed by atoms with Crippen LogP contribution in [0.5, 0.6) is 5.75 Å². The predicted octanol–water partition coefficient (Wildman–Crippen LogP) is 2.55. The average molecular weight is 375 g/mol. The van der Waals surface area contributed by atoms with Crippen molar-refractivity contribution in [1.29, 1.82) is 0 Å². The molecule has 1 aromatic carbocycles. The molecule has 136 valence electrons. The fourth-order valence-corrected chi connectivity index (χ4v) is 3.05. The Labute approximate surface area is 156 Å². The molecular formula is C18H19ClN4O3. The third-order valence-corrected chi connectivity index (χ3v) is 4.39. The van der Waals surface area contributed by atoms with Gasteiger partial charge in [-0.1, -0.05) is 29.8 Å². The average Bonchev–Trinajstić information content (AvgIpc) is 2.88. The number of hydrogen-bond donors (Lipinski definition) is 1. The van der Waals surface area contributed by atoms with Crippen molar-refractivity contribution in [3.8, 4) is 5.75 Å². The molecule has 0 unspecified atom stereocenters. The summed E-state index contributed by atoms with van der Waals surface area (Å²) in [5.41, 5.74) is 5.51. The number of carbonyl (C=O) groups is 2. The van der Waals surface area contributed by atoms with Gasteiger partial charge in [0.2, 0.25) is 5.91 Å². The van der Waals surface area contributed by atoms with Gasteiger partial charge in [0.05, 0.1) is 10.6 Å². The van der Waals surface area contributed by atoms with E-state index in [-0.39, 0.29) is 11.7 Å². The summed E-state index contributed by atoms with van der Waals surface area (Å²) in [7, 11) is 0. The van der Waals surface area contributed by atoms with Gasteiger partial charge in [-0.15, -0.1) is 0 Å². The van der Waals surface area contributed by atoms with Gasteiger partial charge in [-0.3, -0.25) is 4.79 Å². The number of ether oxygens (including phenoxy) is 1. The Morgan fingerprint density at radius 1 is 1.12 bits per heavy atom. The molecule has 2 N–H and O–H groups in total. The van der Waals surface area contributed by atoms with Gasteiger partial charge < -0.3 is 20.3 Å². The van der Waals surface area contributed by atoms with Gasteiger partial charge >= 0.3 is 6.09 Å². The second-order valence-corrected chi connectivity index (χ2v) is 6.31. The van der Waals surface area contributed by atoms with Crippen LogP contribution in [0, 0.1) is 0 Å². The maximum Gasteiger partial charge on any atom is 0.415 e. The largest absolute Gasteiger partial charge is 0.415 e. The molecule has 1 aliphatic rings. The first-order valence-corrected chi connectivity index (χ1v) is 8.64. The van der Waals surface area contributed by atoms with Crippen molar-refractivity contribution in [1.82, 2.24) is 9.88 Å². The quantitative estimate of drug-likeness (QED) is 0.891. The van der Waals surface area contributed by atoms with Crippen LogP contribution < -0.4 is 15.4 Å². The Kier molecular flexibility index (Phi) is 5.58. The number of primary amides is 1. The van der Waals surface area contributed by atoms with E-state index in [1.807, 2.05) is 23.1 Å². The molecule has 2 heterocycles. The molecule has 26 heavy (non-hydrogen) atoms. The number of para-hydroxylation sites is 1. The zero-order valence-electron chi connectivity index (χ0n) is 14.1. The number of nitrogens with zero attached hydrogens (tertiary/aromatic N) is 3. The Bertz CT molecular complexity index is 800. The van der Waals surface area contributed by atoms with Gasteiger partial charge in [0, 0.05) is 32.4 Å².